The first-order chi connectivity index (χ1) is 19.8. The molecule has 1 aliphatic rings. The van der Waals surface area contributed by atoms with E-state index in [2.05, 4.69) is 32.8 Å². The summed E-state index contributed by atoms with van der Waals surface area (Å²) in [7, 11) is 1.88. The van der Waals surface area contributed by atoms with Crippen LogP contribution in [-0.2, 0) is 7.05 Å². The summed E-state index contributed by atoms with van der Waals surface area (Å²) in [5, 5.41) is 20.3. The van der Waals surface area contributed by atoms with E-state index < -0.39 is 11.9 Å². The summed E-state index contributed by atoms with van der Waals surface area (Å²) in [4.78, 5) is 32.0. The van der Waals surface area contributed by atoms with E-state index in [0.717, 1.165) is 34.9 Å². The first-order valence-corrected chi connectivity index (χ1v) is 13.3. The van der Waals surface area contributed by atoms with Crippen LogP contribution in [0.2, 0.25) is 0 Å². The van der Waals surface area contributed by atoms with Crippen molar-refractivity contribution >= 4 is 34.4 Å². The van der Waals surface area contributed by atoms with Crippen LogP contribution in [0.1, 0.15) is 41.7 Å². The van der Waals surface area contributed by atoms with Crippen LogP contribution in [0, 0.1) is 17.9 Å². The predicted molar refractivity (Wildman–Crippen MR) is 151 cm³/mol. The zero-order chi connectivity index (χ0) is 28.7. The molecule has 1 aliphatic heterocycles. The summed E-state index contributed by atoms with van der Waals surface area (Å²) >= 11 is 0. The third-order valence-electron chi connectivity index (χ3n) is 7.54. The zero-order valence-corrected chi connectivity index (χ0v) is 22.6. The Hall–Kier alpha value is -4.95. The number of carbonyl (C=O) groups excluding carboxylic acids is 2. The molecule has 0 aliphatic carbocycles. The molecule has 4 heterocycles. The number of aromatic nitrogens is 4. The number of aliphatic hydroxyl groups is 1. The van der Waals surface area contributed by atoms with Crippen molar-refractivity contribution in [1.29, 1.82) is 0 Å². The van der Waals surface area contributed by atoms with Crippen LogP contribution in [0.5, 0.6) is 0 Å². The SMILES string of the molecule is C[C@H](NC(=O)c1cn(C)c2ccc(-c3ccn4nc(NC(=O)N5CCC[C@H]5CO)nc4c3)cc12)c1cc#cc(F)c1. The highest BCUT2D eigenvalue weighted by Gasteiger charge is 2.28. The number of hydrogen-bond donors (Lipinski definition) is 3. The van der Waals surface area contributed by atoms with Crippen LogP contribution in [0.4, 0.5) is 15.1 Å². The smallest absolute Gasteiger partial charge is 0.324 e. The number of rotatable bonds is 6. The molecule has 208 valence electrons. The summed E-state index contributed by atoms with van der Waals surface area (Å²) in [5.74, 6) is -0.626. The lowest BCUT2D eigenvalue weighted by molar-refractivity contribution is 0.0941. The molecule has 1 saturated heterocycles. The molecular weight excluding hydrogens is 525 g/mol. The van der Waals surface area contributed by atoms with Gasteiger partial charge in [0.2, 0.25) is 0 Å². The molecule has 1 fully saturated rings. The molecule has 0 radical (unpaired) electrons. The molecule has 3 N–H and O–H groups in total. The predicted octanol–water partition coefficient (Wildman–Crippen LogP) is 4.11. The molecule has 0 saturated carbocycles. The van der Waals surface area contributed by atoms with Crippen molar-refractivity contribution in [2.24, 2.45) is 7.05 Å². The first kappa shape index (κ1) is 26.3. The van der Waals surface area contributed by atoms with Gasteiger partial charge in [0.25, 0.3) is 11.9 Å². The van der Waals surface area contributed by atoms with Gasteiger partial charge < -0.3 is 19.9 Å². The molecule has 3 amide bonds. The molecule has 3 aromatic heterocycles. The van der Waals surface area contributed by atoms with E-state index >= 15 is 0 Å². The van der Waals surface area contributed by atoms with Crippen molar-refractivity contribution in [3.8, 4) is 11.1 Å². The summed E-state index contributed by atoms with van der Waals surface area (Å²) in [6, 6.07) is 16.6. The Bertz CT molecular complexity index is 1780. The summed E-state index contributed by atoms with van der Waals surface area (Å²) < 4.78 is 17.1. The second-order valence-electron chi connectivity index (χ2n) is 10.2. The number of aryl methyl sites for hydroxylation is 1. The number of halogens is 1. The van der Waals surface area contributed by atoms with E-state index in [9.17, 15) is 19.1 Å². The van der Waals surface area contributed by atoms with E-state index in [1.54, 1.807) is 34.8 Å². The van der Waals surface area contributed by atoms with E-state index in [0.29, 0.717) is 23.3 Å². The van der Waals surface area contributed by atoms with Crippen molar-refractivity contribution < 1.29 is 19.1 Å². The van der Waals surface area contributed by atoms with Gasteiger partial charge in [-0.15, -0.1) is 5.10 Å². The fourth-order valence-electron chi connectivity index (χ4n) is 5.35. The highest BCUT2D eigenvalue weighted by molar-refractivity contribution is 6.08. The number of nitrogens with zero attached hydrogens (tertiary/aromatic N) is 5. The summed E-state index contributed by atoms with van der Waals surface area (Å²) in [5.41, 5.74) is 4.26. The van der Waals surface area contributed by atoms with Gasteiger partial charge in [0.15, 0.2) is 11.5 Å². The van der Waals surface area contributed by atoms with Crippen LogP contribution in [0.3, 0.4) is 0 Å². The van der Waals surface area contributed by atoms with Crippen molar-refractivity contribution in [2.75, 3.05) is 18.5 Å². The van der Waals surface area contributed by atoms with Crippen molar-refractivity contribution in [1.82, 2.24) is 29.4 Å². The lowest BCUT2D eigenvalue weighted by atomic mass is 10.0. The molecule has 2 atom stereocenters. The van der Waals surface area contributed by atoms with E-state index in [4.69, 9.17) is 0 Å². The van der Waals surface area contributed by atoms with Crippen LogP contribution < -0.4 is 10.6 Å². The fourth-order valence-corrected chi connectivity index (χ4v) is 5.35. The van der Waals surface area contributed by atoms with E-state index in [1.165, 1.54) is 6.07 Å². The molecule has 0 bridgehead atoms. The number of urea groups is 1. The number of pyridine rings is 1. The van der Waals surface area contributed by atoms with Crippen molar-refractivity contribution in [2.45, 2.75) is 31.8 Å². The Morgan fingerprint density at radius 2 is 2.05 bits per heavy atom. The molecular formula is C30H28FN7O3. The maximum atomic E-state index is 13.6. The number of nitrogens with one attached hydrogen (secondary N) is 2. The average molecular weight is 554 g/mol. The summed E-state index contributed by atoms with van der Waals surface area (Å²) in [6.45, 7) is 2.30. The third-order valence-corrected chi connectivity index (χ3v) is 7.54. The van der Waals surface area contributed by atoms with Crippen LogP contribution in [0.15, 0.2) is 54.9 Å². The van der Waals surface area contributed by atoms with Crippen LogP contribution >= 0.6 is 0 Å². The average Bonchev–Trinajstić information content (AvgIpc) is 3.69. The monoisotopic (exact) mass is 553 g/mol. The van der Waals surface area contributed by atoms with Gasteiger partial charge in [-0.2, -0.15) is 9.37 Å². The standard InChI is InChI=1S/C30H28FN7O3/c1-18(19-5-3-6-22(31)13-19)32-28(40)25-16-36(2)26-9-8-20(14-24(25)26)21-10-12-38-27(15-21)33-29(35-38)34-30(41)37-11-4-7-23(37)17-39/h5,8-10,12-16,18,23,39H,4,7,11,17H2,1-2H3,(H,32,40)(H,34,35,41)/t18-,23-/m0/s1. The second-order valence-corrected chi connectivity index (χ2v) is 10.2. The van der Waals surface area contributed by atoms with Crippen LogP contribution in [-0.4, -0.2) is 60.3 Å². The maximum absolute atomic E-state index is 13.6. The lowest BCUT2D eigenvalue weighted by Crippen LogP contribution is -2.40. The van der Waals surface area contributed by atoms with Gasteiger partial charge in [0.1, 0.15) is 0 Å². The molecule has 0 unspecified atom stereocenters. The Labute approximate surface area is 235 Å². The Morgan fingerprint density at radius 1 is 1.22 bits per heavy atom. The number of fused-ring (bicyclic) bond motifs is 2. The topological polar surface area (TPSA) is 117 Å². The van der Waals surface area contributed by atoms with E-state index in [1.807, 2.05) is 41.9 Å². The number of amides is 3. The first-order valence-electron chi connectivity index (χ1n) is 13.3. The third kappa shape index (κ3) is 5.05. The van der Waals surface area contributed by atoms with Gasteiger partial charge >= 0.3 is 6.03 Å². The van der Waals surface area contributed by atoms with Gasteiger partial charge in [-0.3, -0.25) is 10.1 Å². The largest absolute Gasteiger partial charge is 0.394 e. The number of likely N-dealkylation sites (tertiary alicyclic amines) is 1. The van der Waals surface area contributed by atoms with E-state index in [-0.39, 0.29) is 30.5 Å². The van der Waals surface area contributed by atoms with Gasteiger partial charge in [-0.1, -0.05) is 12.1 Å². The van der Waals surface area contributed by atoms with Gasteiger partial charge in [0, 0.05) is 36.9 Å². The molecule has 10 nitrogen and oxygen atoms in total. The van der Waals surface area contributed by atoms with Crippen molar-refractivity contribution in [3.05, 3.63) is 83.9 Å². The number of anilines is 1. The van der Waals surface area contributed by atoms with Gasteiger partial charge in [-0.05, 0) is 78.9 Å². The molecule has 5 aromatic rings. The molecule has 41 heavy (non-hydrogen) atoms. The van der Waals surface area contributed by atoms with Crippen LogP contribution in [0.25, 0.3) is 27.7 Å². The van der Waals surface area contributed by atoms with Crippen molar-refractivity contribution in [3.63, 3.8) is 0 Å². The highest BCUT2D eigenvalue weighted by Crippen LogP contribution is 2.29. The minimum atomic E-state index is -0.528. The Kier molecular flexibility index (Phi) is 6.77. The number of aliphatic hydroxyl groups excluding tert-OH is 1. The molecule has 6 rings (SSSR count). The molecule has 2 aromatic carbocycles. The molecule has 0 spiro atoms. The second kappa shape index (κ2) is 10.6. The Balaban J connectivity index is 1.25. The van der Waals surface area contributed by atoms with Gasteiger partial charge in [0.05, 0.1) is 24.3 Å². The number of hydrogen-bond acceptors (Lipinski definition) is 5. The Morgan fingerprint density at radius 3 is 2.85 bits per heavy atom. The minimum Gasteiger partial charge on any atom is -0.394 e. The van der Waals surface area contributed by atoms with Gasteiger partial charge in [-0.25, -0.2) is 9.31 Å². The minimum absolute atomic E-state index is 0.0753. The number of benzene rings is 1. The lowest BCUT2D eigenvalue weighted by Gasteiger charge is -2.22. The zero-order valence-electron chi connectivity index (χ0n) is 22.6. The number of carbonyl (C=O) groups is 2. The highest BCUT2D eigenvalue weighted by atomic mass is 19.1. The molecule has 11 heteroatoms. The summed E-state index contributed by atoms with van der Waals surface area (Å²) in [6.07, 6.45) is 5.15. The normalized spacial score (nSPS) is 15.7. The fraction of sp³-hybridized carbons (Fsp3) is 0.267. The maximum Gasteiger partial charge on any atom is 0.324 e. The quantitative estimate of drug-likeness (QED) is 0.293.